The van der Waals surface area contributed by atoms with Crippen molar-refractivity contribution in [1.29, 1.82) is 0 Å². The minimum Gasteiger partial charge on any atom is -0.456 e. The van der Waals surface area contributed by atoms with E-state index in [1.54, 1.807) is 0 Å². The van der Waals surface area contributed by atoms with Crippen molar-refractivity contribution in [2.24, 2.45) is 5.73 Å². The van der Waals surface area contributed by atoms with Crippen molar-refractivity contribution in [2.45, 2.75) is 26.7 Å². The number of hydrogen-bond acceptors (Lipinski definition) is 2. The zero-order chi connectivity index (χ0) is 15.6. The molecule has 0 heterocycles. The van der Waals surface area contributed by atoms with E-state index in [0.29, 0.717) is 16.7 Å². The van der Waals surface area contributed by atoms with Crippen LogP contribution in [0.1, 0.15) is 36.5 Å². The lowest BCUT2D eigenvalue weighted by molar-refractivity contribution is 0.477. The van der Waals surface area contributed by atoms with Gasteiger partial charge in [-0.05, 0) is 48.2 Å². The maximum atomic E-state index is 6.28. The molecular formula is C17H18ClNOS. The van der Waals surface area contributed by atoms with Crippen LogP contribution in [0.25, 0.3) is 0 Å². The number of hydrogen-bond donors (Lipinski definition) is 1. The van der Waals surface area contributed by atoms with Crippen LogP contribution < -0.4 is 10.5 Å². The summed E-state index contributed by atoms with van der Waals surface area (Å²) in [6, 6.07) is 11.4. The summed E-state index contributed by atoms with van der Waals surface area (Å²) in [5.74, 6) is 1.75. The monoisotopic (exact) mass is 319 g/mol. The van der Waals surface area contributed by atoms with E-state index in [9.17, 15) is 0 Å². The average Bonchev–Trinajstić information content (AvgIpc) is 2.41. The first-order chi connectivity index (χ1) is 9.90. The Labute approximate surface area is 135 Å². The van der Waals surface area contributed by atoms with Crippen LogP contribution in [-0.4, -0.2) is 4.99 Å². The van der Waals surface area contributed by atoms with E-state index in [2.05, 4.69) is 13.8 Å². The van der Waals surface area contributed by atoms with Crippen LogP contribution in [-0.2, 0) is 0 Å². The van der Waals surface area contributed by atoms with E-state index >= 15 is 0 Å². The topological polar surface area (TPSA) is 35.2 Å². The lowest BCUT2D eigenvalue weighted by Gasteiger charge is -2.16. The second-order valence-electron chi connectivity index (χ2n) is 5.26. The molecule has 0 bridgehead atoms. The van der Waals surface area contributed by atoms with Crippen LogP contribution in [0, 0.1) is 6.92 Å². The highest BCUT2D eigenvalue weighted by Gasteiger charge is 2.13. The highest BCUT2D eigenvalue weighted by atomic mass is 35.5. The van der Waals surface area contributed by atoms with Gasteiger partial charge in [-0.15, -0.1) is 0 Å². The standard InChI is InChI=1S/C17H18ClNOS/c1-10(2)13-9-16(11(3)8-14(13)18)20-15-7-5-4-6-12(15)17(19)21/h4-10H,1-3H3,(H2,19,21). The van der Waals surface area contributed by atoms with E-state index in [0.717, 1.165) is 27.5 Å². The number of aryl methyl sites for hydroxylation is 1. The molecule has 21 heavy (non-hydrogen) atoms. The third-order valence-electron chi connectivity index (χ3n) is 3.29. The van der Waals surface area contributed by atoms with Crippen LogP contribution >= 0.6 is 23.8 Å². The van der Waals surface area contributed by atoms with Crippen molar-refractivity contribution in [3.63, 3.8) is 0 Å². The van der Waals surface area contributed by atoms with Gasteiger partial charge in [0.2, 0.25) is 0 Å². The molecule has 2 rings (SSSR count). The fourth-order valence-corrected chi connectivity index (χ4v) is 2.70. The Kier molecular flexibility index (Phi) is 4.86. The van der Waals surface area contributed by atoms with Gasteiger partial charge in [-0.3, -0.25) is 0 Å². The molecule has 0 radical (unpaired) electrons. The van der Waals surface area contributed by atoms with Crippen molar-refractivity contribution >= 4 is 28.8 Å². The molecule has 110 valence electrons. The molecule has 2 N–H and O–H groups in total. The van der Waals surface area contributed by atoms with Crippen LogP contribution in [0.5, 0.6) is 11.5 Å². The second kappa shape index (κ2) is 6.46. The molecule has 0 saturated carbocycles. The Bertz CT molecular complexity index is 682. The van der Waals surface area contributed by atoms with E-state index in [4.69, 9.17) is 34.3 Å². The van der Waals surface area contributed by atoms with Gasteiger partial charge in [-0.25, -0.2) is 0 Å². The minimum atomic E-state index is 0.321. The van der Waals surface area contributed by atoms with Crippen molar-refractivity contribution < 1.29 is 4.74 Å². The van der Waals surface area contributed by atoms with E-state index in [1.165, 1.54) is 0 Å². The fourth-order valence-electron chi connectivity index (χ4n) is 2.10. The number of thiocarbonyl (C=S) groups is 1. The van der Waals surface area contributed by atoms with E-state index in [-0.39, 0.29) is 0 Å². The van der Waals surface area contributed by atoms with Gasteiger partial charge in [0.25, 0.3) is 0 Å². The highest BCUT2D eigenvalue weighted by Crippen LogP contribution is 2.34. The van der Waals surface area contributed by atoms with Gasteiger partial charge in [0.15, 0.2) is 0 Å². The van der Waals surface area contributed by atoms with Crippen LogP contribution in [0.3, 0.4) is 0 Å². The number of rotatable bonds is 4. The van der Waals surface area contributed by atoms with Crippen molar-refractivity contribution in [3.8, 4) is 11.5 Å². The quantitative estimate of drug-likeness (QED) is 0.787. The van der Waals surface area contributed by atoms with Gasteiger partial charge in [0.1, 0.15) is 16.5 Å². The van der Waals surface area contributed by atoms with Gasteiger partial charge in [-0.2, -0.15) is 0 Å². The minimum absolute atomic E-state index is 0.321. The fraction of sp³-hybridized carbons (Fsp3) is 0.235. The van der Waals surface area contributed by atoms with Crippen LogP contribution in [0.15, 0.2) is 36.4 Å². The average molecular weight is 320 g/mol. The predicted octanol–water partition coefficient (Wildman–Crippen LogP) is 5.20. The van der Waals surface area contributed by atoms with Crippen LogP contribution in [0.2, 0.25) is 5.02 Å². The summed E-state index contributed by atoms with van der Waals surface area (Å²) >= 11 is 11.3. The molecule has 0 aliphatic heterocycles. The predicted molar refractivity (Wildman–Crippen MR) is 92.7 cm³/mol. The van der Waals surface area contributed by atoms with Gasteiger partial charge in [-0.1, -0.05) is 49.8 Å². The molecule has 0 aliphatic carbocycles. The Morgan fingerprint density at radius 1 is 1.19 bits per heavy atom. The highest BCUT2D eigenvalue weighted by molar-refractivity contribution is 7.80. The Morgan fingerprint density at radius 3 is 2.48 bits per heavy atom. The summed E-state index contributed by atoms with van der Waals surface area (Å²) in [6.07, 6.45) is 0. The second-order valence-corrected chi connectivity index (χ2v) is 6.10. The van der Waals surface area contributed by atoms with Gasteiger partial charge in [0.05, 0.1) is 5.56 Å². The number of halogens is 1. The Balaban J connectivity index is 2.45. The summed E-state index contributed by atoms with van der Waals surface area (Å²) in [6.45, 7) is 6.17. The maximum Gasteiger partial charge on any atom is 0.137 e. The molecule has 0 unspecified atom stereocenters. The summed E-state index contributed by atoms with van der Waals surface area (Å²) < 4.78 is 6.02. The number of ether oxygens (including phenoxy) is 1. The van der Waals surface area contributed by atoms with Gasteiger partial charge in [0, 0.05) is 5.02 Å². The summed E-state index contributed by atoms with van der Waals surface area (Å²) in [5, 5.41) is 0.762. The first-order valence-corrected chi connectivity index (χ1v) is 7.55. The lowest BCUT2D eigenvalue weighted by Crippen LogP contribution is -2.10. The molecule has 0 amide bonds. The SMILES string of the molecule is Cc1cc(Cl)c(C(C)C)cc1Oc1ccccc1C(N)=S. The smallest absolute Gasteiger partial charge is 0.137 e. The summed E-state index contributed by atoms with van der Waals surface area (Å²) in [4.78, 5) is 0.321. The molecule has 0 aliphatic rings. The maximum absolute atomic E-state index is 6.28. The Morgan fingerprint density at radius 2 is 1.86 bits per heavy atom. The zero-order valence-electron chi connectivity index (χ0n) is 12.3. The molecule has 0 spiro atoms. The molecule has 4 heteroatoms. The lowest BCUT2D eigenvalue weighted by atomic mass is 10.0. The first kappa shape index (κ1) is 15.8. The summed E-state index contributed by atoms with van der Waals surface area (Å²) in [5.41, 5.74) is 8.50. The third kappa shape index (κ3) is 3.55. The van der Waals surface area contributed by atoms with Crippen molar-refractivity contribution in [3.05, 3.63) is 58.1 Å². The number of para-hydroxylation sites is 1. The normalized spacial score (nSPS) is 10.7. The number of nitrogens with two attached hydrogens (primary N) is 1. The van der Waals surface area contributed by atoms with Crippen molar-refractivity contribution in [2.75, 3.05) is 0 Å². The first-order valence-electron chi connectivity index (χ1n) is 6.77. The molecule has 2 nitrogen and oxygen atoms in total. The number of benzene rings is 2. The third-order valence-corrected chi connectivity index (χ3v) is 3.84. The van der Waals surface area contributed by atoms with Gasteiger partial charge >= 0.3 is 0 Å². The van der Waals surface area contributed by atoms with Crippen LogP contribution in [0.4, 0.5) is 0 Å². The Hall–Kier alpha value is -1.58. The van der Waals surface area contributed by atoms with Crippen molar-refractivity contribution in [1.82, 2.24) is 0 Å². The summed E-state index contributed by atoms with van der Waals surface area (Å²) in [7, 11) is 0. The molecule has 0 saturated heterocycles. The largest absolute Gasteiger partial charge is 0.456 e. The van der Waals surface area contributed by atoms with Gasteiger partial charge < -0.3 is 10.5 Å². The zero-order valence-corrected chi connectivity index (χ0v) is 13.9. The van der Waals surface area contributed by atoms with E-state index in [1.807, 2.05) is 43.3 Å². The molecule has 0 atom stereocenters. The molecule has 2 aromatic carbocycles. The molecule has 0 fully saturated rings. The molecule has 0 aromatic heterocycles. The molecule has 2 aromatic rings. The molecular weight excluding hydrogens is 302 g/mol. The van der Waals surface area contributed by atoms with E-state index < -0.39 is 0 Å².